The summed E-state index contributed by atoms with van der Waals surface area (Å²) in [6.45, 7) is 1.80. The largest absolute Gasteiger partial charge is 0.389 e. The second-order valence-corrected chi connectivity index (χ2v) is 5.35. The monoisotopic (exact) mass is 322 g/mol. The van der Waals surface area contributed by atoms with Gasteiger partial charge in [0.15, 0.2) is 0 Å². The van der Waals surface area contributed by atoms with Crippen molar-refractivity contribution >= 4 is 40.4 Å². The smallest absolute Gasteiger partial charge is 0.255 e. The van der Waals surface area contributed by atoms with Crippen molar-refractivity contribution in [2.75, 3.05) is 5.32 Å². The van der Waals surface area contributed by atoms with Crippen LogP contribution in [-0.4, -0.2) is 10.9 Å². The van der Waals surface area contributed by atoms with Gasteiger partial charge in [-0.3, -0.25) is 4.79 Å². The van der Waals surface area contributed by atoms with E-state index in [0.717, 1.165) is 5.56 Å². The van der Waals surface area contributed by atoms with Gasteiger partial charge in [-0.2, -0.15) is 0 Å². The highest BCUT2D eigenvalue weighted by atomic mass is 35.5. The number of carbonyl (C=O) groups excluding carboxylic acids is 1. The molecule has 0 radical (unpaired) electrons. The number of hydrogen-bond acceptors (Lipinski definition) is 2. The number of hydrogen-bond donors (Lipinski definition) is 2. The average Bonchev–Trinajstić information content (AvgIpc) is 2.43. The van der Waals surface area contributed by atoms with Crippen LogP contribution in [-0.2, 0) is 0 Å². The predicted molar refractivity (Wildman–Crippen MR) is 86.4 cm³/mol. The zero-order chi connectivity index (χ0) is 15.6. The summed E-state index contributed by atoms with van der Waals surface area (Å²) in [5.74, 6) is -0.866. The van der Waals surface area contributed by atoms with Gasteiger partial charge < -0.3 is 11.1 Å². The van der Waals surface area contributed by atoms with E-state index in [9.17, 15) is 9.18 Å². The lowest BCUT2D eigenvalue weighted by atomic mass is 10.1. The summed E-state index contributed by atoms with van der Waals surface area (Å²) in [4.78, 5) is 12.2. The minimum atomic E-state index is -0.528. The molecule has 0 aliphatic carbocycles. The maximum absolute atomic E-state index is 13.5. The van der Waals surface area contributed by atoms with E-state index in [1.165, 1.54) is 18.2 Å². The van der Waals surface area contributed by atoms with Crippen LogP contribution in [0.2, 0.25) is 5.02 Å². The van der Waals surface area contributed by atoms with Gasteiger partial charge >= 0.3 is 0 Å². The lowest BCUT2D eigenvalue weighted by Gasteiger charge is -2.10. The van der Waals surface area contributed by atoms with E-state index >= 15 is 0 Å². The molecule has 0 spiro atoms. The van der Waals surface area contributed by atoms with Crippen LogP contribution < -0.4 is 11.1 Å². The normalized spacial score (nSPS) is 10.2. The number of nitrogens with two attached hydrogens (primary N) is 1. The van der Waals surface area contributed by atoms with Gasteiger partial charge in [0.05, 0.1) is 0 Å². The molecule has 6 heteroatoms. The van der Waals surface area contributed by atoms with E-state index in [2.05, 4.69) is 5.32 Å². The number of nitrogens with one attached hydrogen (secondary N) is 1. The van der Waals surface area contributed by atoms with Gasteiger partial charge in [-0.25, -0.2) is 4.39 Å². The molecule has 3 nitrogen and oxygen atoms in total. The molecule has 1 amide bonds. The topological polar surface area (TPSA) is 55.1 Å². The quantitative estimate of drug-likeness (QED) is 0.848. The molecule has 3 N–H and O–H groups in total. The maximum atomic E-state index is 13.5. The van der Waals surface area contributed by atoms with E-state index in [1.807, 2.05) is 0 Å². The van der Waals surface area contributed by atoms with Gasteiger partial charge in [-0.05, 0) is 42.8 Å². The third kappa shape index (κ3) is 3.56. The molecule has 0 saturated carbocycles. The fourth-order valence-corrected chi connectivity index (χ4v) is 2.16. The lowest BCUT2D eigenvalue weighted by Crippen LogP contribution is -2.16. The third-order valence-electron chi connectivity index (χ3n) is 2.93. The van der Waals surface area contributed by atoms with Gasteiger partial charge in [0.1, 0.15) is 10.8 Å². The maximum Gasteiger partial charge on any atom is 0.255 e. The summed E-state index contributed by atoms with van der Waals surface area (Å²) in [5, 5.41) is 3.14. The molecule has 21 heavy (non-hydrogen) atoms. The molecular weight excluding hydrogens is 311 g/mol. The summed E-state index contributed by atoms with van der Waals surface area (Å²) in [6, 6.07) is 9.07. The Balaban J connectivity index is 2.29. The molecule has 0 aliphatic rings. The minimum Gasteiger partial charge on any atom is -0.389 e. The van der Waals surface area contributed by atoms with Crippen molar-refractivity contribution in [3.05, 3.63) is 63.9 Å². The van der Waals surface area contributed by atoms with Crippen molar-refractivity contribution < 1.29 is 9.18 Å². The molecule has 0 fully saturated rings. The van der Waals surface area contributed by atoms with Gasteiger partial charge in [0, 0.05) is 21.8 Å². The molecule has 2 rings (SSSR count). The third-order valence-corrected chi connectivity index (χ3v) is 3.39. The number of carbonyl (C=O) groups is 1. The molecule has 0 unspecified atom stereocenters. The first-order valence-electron chi connectivity index (χ1n) is 6.05. The molecule has 0 aromatic heterocycles. The van der Waals surface area contributed by atoms with Gasteiger partial charge in [-0.15, -0.1) is 0 Å². The highest BCUT2D eigenvalue weighted by Gasteiger charge is 2.12. The summed E-state index contributed by atoms with van der Waals surface area (Å²) in [5.41, 5.74) is 7.16. The van der Waals surface area contributed by atoms with E-state index in [0.29, 0.717) is 16.3 Å². The van der Waals surface area contributed by atoms with Gasteiger partial charge in [0.2, 0.25) is 0 Å². The first-order chi connectivity index (χ1) is 9.88. The number of benzene rings is 2. The predicted octanol–water partition coefficient (Wildman–Crippen LogP) is 3.67. The Hall–Kier alpha value is -1.98. The zero-order valence-electron chi connectivity index (χ0n) is 11.1. The number of aryl methyl sites for hydroxylation is 1. The van der Waals surface area contributed by atoms with Crippen molar-refractivity contribution in [2.45, 2.75) is 6.92 Å². The Labute approximate surface area is 131 Å². The van der Waals surface area contributed by atoms with Gasteiger partial charge in [0.25, 0.3) is 5.91 Å². The molecule has 0 heterocycles. The van der Waals surface area contributed by atoms with E-state index in [4.69, 9.17) is 29.6 Å². The van der Waals surface area contributed by atoms with Crippen molar-refractivity contribution in [3.8, 4) is 0 Å². The van der Waals surface area contributed by atoms with Crippen LogP contribution in [0.5, 0.6) is 0 Å². The van der Waals surface area contributed by atoms with Crippen LogP contribution in [0.1, 0.15) is 21.5 Å². The van der Waals surface area contributed by atoms with Gasteiger partial charge in [-0.1, -0.05) is 29.9 Å². The molecule has 0 aliphatic heterocycles. The molecule has 0 saturated heterocycles. The first kappa shape index (κ1) is 15.4. The summed E-state index contributed by atoms with van der Waals surface area (Å²) in [6.07, 6.45) is 0. The molecular formula is C15H12ClFN2OS. The minimum absolute atomic E-state index is 0.0671. The van der Waals surface area contributed by atoms with Crippen molar-refractivity contribution in [1.29, 1.82) is 0 Å². The number of thiocarbonyl (C=S) groups is 1. The fourth-order valence-electron chi connectivity index (χ4n) is 1.83. The van der Waals surface area contributed by atoms with Crippen LogP contribution in [0, 0.1) is 12.7 Å². The second kappa shape index (κ2) is 6.20. The average molecular weight is 323 g/mol. The fraction of sp³-hybridized carbons (Fsp3) is 0.0667. The number of halogens is 2. The SMILES string of the molecule is Cc1ccc(Cl)cc1C(=O)Nc1ccc(F)c(C(N)=S)c1. The van der Waals surface area contributed by atoms with Crippen LogP contribution in [0.15, 0.2) is 36.4 Å². The Bertz CT molecular complexity index is 734. The van der Waals surface area contributed by atoms with Crippen LogP contribution in [0.25, 0.3) is 0 Å². The Morgan fingerprint density at radius 3 is 2.62 bits per heavy atom. The Morgan fingerprint density at radius 2 is 1.95 bits per heavy atom. The number of anilines is 1. The Morgan fingerprint density at radius 1 is 1.24 bits per heavy atom. The number of rotatable bonds is 3. The highest BCUT2D eigenvalue weighted by molar-refractivity contribution is 7.80. The zero-order valence-corrected chi connectivity index (χ0v) is 12.7. The van der Waals surface area contributed by atoms with Crippen LogP contribution in [0.4, 0.5) is 10.1 Å². The van der Waals surface area contributed by atoms with Crippen LogP contribution in [0.3, 0.4) is 0 Å². The van der Waals surface area contributed by atoms with Crippen molar-refractivity contribution in [3.63, 3.8) is 0 Å². The van der Waals surface area contributed by atoms with E-state index < -0.39 is 5.82 Å². The highest BCUT2D eigenvalue weighted by Crippen LogP contribution is 2.19. The van der Waals surface area contributed by atoms with E-state index in [-0.39, 0.29) is 16.5 Å². The summed E-state index contributed by atoms with van der Waals surface area (Å²) in [7, 11) is 0. The number of amides is 1. The standard InChI is InChI=1S/C15H12ClFN2OS/c1-8-2-3-9(16)6-11(8)15(20)19-10-4-5-13(17)12(7-10)14(18)21/h2-7H,1H3,(H2,18,21)(H,19,20). The molecule has 0 bridgehead atoms. The van der Waals surface area contributed by atoms with Crippen molar-refractivity contribution in [1.82, 2.24) is 0 Å². The molecule has 108 valence electrons. The summed E-state index contributed by atoms with van der Waals surface area (Å²) >= 11 is 10.6. The molecule has 2 aromatic carbocycles. The first-order valence-corrected chi connectivity index (χ1v) is 6.84. The van der Waals surface area contributed by atoms with Crippen molar-refractivity contribution in [2.24, 2.45) is 5.73 Å². The van der Waals surface area contributed by atoms with E-state index in [1.54, 1.807) is 25.1 Å². The summed E-state index contributed by atoms with van der Waals surface area (Å²) < 4.78 is 13.5. The molecule has 2 aromatic rings. The Kier molecular flexibility index (Phi) is 4.55. The lowest BCUT2D eigenvalue weighted by molar-refractivity contribution is 0.102. The second-order valence-electron chi connectivity index (χ2n) is 4.47. The molecule has 0 atom stereocenters. The van der Waals surface area contributed by atoms with Crippen LogP contribution >= 0.6 is 23.8 Å².